The van der Waals surface area contributed by atoms with Crippen molar-refractivity contribution in [2.45, 2.75) is 57.2 Å². The Hall–Kier alpha value is -3.19. The number of hydrogen-bond acceptors (Lipinski definition) is 8. The molecule has 2 saturated heterocycles. The summed E-state index contributed by atoms with van der Waals surface area (Å²) in [5.74, 6) is 1.95. The van der Waals surface area contributed by atoms with Gasteiger partial charge in [-0.15, -0.1) is 0 Å². The normalized spacial score (nSPS) is 23.6. The summed E-state index contributed by atoms with van der Waals surface area (Å²) < 4.78 is 1.90. The van der Waals surface area contributed by atoms with Gasteiger partial charge in [0, 0.05) is 49.9 Å². The summed E-state index contributed by atoms with van der Waals surface area (Å²) in [6, 6.07) is 5.62. The third-order valence-electron chi connectivity index (χ3n) is 6.21. The lowest BCUT2D eigenvalue weighted by Gasteiger charge is -2.38. The number of rotatable bonds is 6. The zero-order valence-corrected chi connectivity index (χ0v) is 17.3. The van der Waals surface area contributed by atoms with E-state index in [1.165, 1.54) is 12.8 Å². The Morgan fingerprint density at radius 2 is 2.07 bits per heavy atom. The van der Waals surface area contributed by atoms with Crippen LogP contribution in [0.1, 0.15) is 37.8 Å². The maximum absolute atomic E-state index is 8.94. The van der Waals surface area contributed by atoms with Crippen molar-refractivity contribution in [2.75, 3.05) is 17.2 Å². The number of anilines is 3. The van der Waals surface area contributed by atoms with E-state index in [0.29, 0.717) is 42.1 Å². The van der Waals surface area contributed by atoms with Gasteiger partial charge in [0.2, 0.25) is 5.95 Å². The Morgan fingerprint density at radius 1 is 1.27 bits per heavy atom. The van der Waals surface area contributed by atoms with Crippen LogP contribution in [0, 0.1) is 18.3 Å². The number of aromatic nitrogens is 6. The molecule has 3 aromatic heterocycles. The van der Waals surface area contributed by atoms with Crippen LogP contribution in [0.15, 0.2) is 12.4 Å². The van der Waals surface area contributed by atoms with Crippen LogP contribution in [0.4, 0.5) is 17.6 Å². The van der Waals surface area contributed by atoms with E-state index in [0.717, 1.165) is 36.2 Å². The molecule has 2 unspecified atom stereocenters. The van der Waals surface area contributed by atoms with E-state index < -0.39 is 0 Å². The van der Waals surface area contributed by atoms with Crippen molar-refractivity contribution in [3.8, 4) is 6.07 Å². The van der Waals surface area contributed by atoms with Gasteiger partial charge < -0.3 is 15.2 Å². The second-order valence-electron chi connectivity index (χ2n) is 8.33. The lowest BCUT2D eigenvalue weighted by molar-refractivity contribution is 0.135. The van der Waals surface area contributed by atoms with E-state index in [-0.39, 0.29) is 0 Å². The van der Waals surface area contributed by atoms with E-state index in [1.807, 2.05) is 24.6 Å². The van der Waals surface area contributed by atoms with Gasteiger partial charge in [-0.2, -0.15) is 20.3 Å². The number of nitrogens with one attached hydrogen (secondary N) is 3. The average Bonchev–Trinajstić information content (AvgIpc) is 3.37. The van der Waals surface area contributed by atoms with Gasteiger partial charge in [0.25, 0.3) is 0 Å². The summed E-state index contributed by atoms with van der Waals surface area (Å²) in [6.07, 6.45) is 6.87. The van der Waals surface area contributed by atoms with Gasteiger partial charge in [-0.3, -0.25) is 10.00 Å². The molecule has 0 saturated carbocycles. The molecule has 10 nitrogen and oxygen atoms in total. The van der Waals surface area contributed by atoms with Crippen LogP contribution in [-0.4, -0.2) is 59.3 Å². The molecule has 0 aliphatic carbocycles. The molecular formula is C20H26N10. The number of aryl methyl sites for hydroxylation is 2. The van der Waals surface area contributed by atoms with Crippen molar-refractivity contribution >= 4 is 28.7 Å². The Balaban J connectivity index is 1.37. The Kier molecular flexibility index (Phi) is 4.75. The molecule has 0 amide bonds. The van der Waals surface area contributed by atoms with Gasteiger partial charge in [-0.05, 0) is 32.6 Å². The molecule has 5 rings (SSSR count). The van der Waals surface area contributed by atoms with Gasteiger partial charge >= 0.3 is 0 Å². The predicted octanol–water partition coefficient (Wildman–Crippen LogP) is 2.46. The summed E-state index contributed by atoms with van der Waals surface area (Å²) in [5.41, 5.74) is 2.47. The predicted molar refractivity (Wildman–Crippen MR) is 113 cm³/mol. The number of imidazole rings is 1. The number of nitriles is 1. The summed E-state index contributed by atoms with van der Waals surface area (Å²) >= 11 is 0. The first-order valence-corrected chi connectivity index (χ1v) is 10.5. The number of nitrogens with zero attached hydrogens (tertiary/aromatic N) is 7. The van der Waals surface area contributed by atoms with E-state index in [9.17, 15) is 0 Å². The molecule has 3 N–H and O–H groups in total. The topological polar surface area (TPSA) is 123 Å². The van der Waals surface area contributed by atoms with Crippen molar-refractivity contribution in [3.63, 3.8) is 0 Å². The van der Waals surface area contributed by atoms with Gasteiger partial charge in [0.1, 0.15) is 0 Å². The highest BCUT2D eigenvalue weighted by atomic mass is 15.3. The third kappa shape index (κ3) is 3.45. The molecule has 5 heterocycles. The SMILES string of the molecule is Cc1cc(Nc2nc(NC3CC4CC[C@@H](C3)N4CCC#N)nc3c2ncn3C)n[nH]1. The fourth-order valence-electron chi connectivity index (χ4n) is 4.88. The largest absolute Gasteiger partial charge is 0.351 e. The fraction of sp³-hybridized carbons (Fsp3) is 0.550. The number of fused-ring (bicyclic) bond motifs is 3. The molecule has 0 aromatic carbocycles. The highest BCUT2D eigenvalue weighted by molar-refractivity contribution is 5.86. The first-order chi connectivity index (χ1) is 14.6. The maximum Gasteiger partial charge on any atom is 0.227 e. The minimum atomic E-state index is 0.326. The monoisotopic (exact) mass is 406 g/mol. The fourth-order valence-corrected chi connectivity index (χ4v) is 4.88. The Morgan fingerprint density at radius 3 is 2.77 bits per heavy atom. The zero-order valence-electron chi connectivity index (χ0n) is 17.3. The maximum atomic E-state index is 8.94. The number of piperidine rings is 1. The quantitative estimate of drug-likeness (QED) is 0.570. The van der Waals surface area contributed by atoms with Crippen LogP contribution in [0.3, 0.4) is 0 Å². The molecule has 2 aliphatic rings. The average molecular weight is 406 g/mol. The molecule has 3 atom stereocenters. The highest BCUT2D eigenvalue weighted by Gasteiger charge is 2.40. The third-order valence-corrected chi connectivity index (χ3v) is 6.21. The van der Waals surface area contributed by atoms with Crippen molar-refractivity contribution in [2.24, 2.45) is 7.05 Å². The Bertz CT molecular complexity index is 1080. The molecule has 156 valence electrons. The molecule has 2 aliphatic heterocycles. The van der Waals surface area contributed by atoms with Crippen LogP contribution in [0.25, 0.3) is 11.2 Å². The first kappa shape index (κ1) is 18.8. The molecule has 10 heteroatoms. The van der Waals surface area contributed by atoms with Gasteiger partial charge in [-0.1, -0.05) is 0 Å². The summed E-state index contributed by atoms with van der Waals surface area (Å²) in [6.45, 7) is 2.84. The standard InChI is InChI=1S/C20H26N10/c1-12-8-16(28-27-12)24-18-17-19(29(2)11-22-17)26-20(25-18)23-13-9-14-4-5-15(10-13)30(14)7-3-6-21/h8,11,13-15H,3-5,7,9-10H2,1-2H3,(H3,23,24,25,26,27,28)/t13?,14-,15?/m0/s1. The molecule has 30 heavy (non-hydrogen) atoms. The summed E-state index contributed by atoms with van der Waals surface area (Å²) in [5, 5.41) is 23.0. The second kappa shape index (κ2) is 7.57. The minimum absolute atomic E-state index is 0.326. The van der Waals surface area contributed by atoms with Crippen molar-refractivity contribution in [1.29, 1.82) is 5.26 Å². The number of hydrogen-bond donors (Lipinski definition) is 3. The molecule has 0 spiro atoms. The smallest absolute Gasteiger partial charge is 0.227 e. The number of H-pyrrole nitrogens is 1. The van der Waals surface area contributed by atoms with E-state index >= 15 is 0 Å². The van der Waals surface area contributed by atoms with E-state index in [2.05, 4.69) is 36.8 Å². The minimum Gasteiger partial charge on any atom is -0.351 e. The van der Waals surface area contributed by atoms with Crippen LogP contribution in [0.2, 0.25) is 0 Å². The van der Waals surface area contributed by atoms with Gasteiger partial charge in [0.05, 0.1) is 12.4 Å². The summed E-state index contributed by atoms with van der Waals surface area (Å²) in [4.78, 5) is 16.4. The summed E-state index contributed by atoms with van der Waals surface area (Å²) in [7, 11) is 1.93. The highest BCUT2D eigenvalue weighted by Crippen LogP contribution is 2.36. The molecule has 2 fully saturated rings. The van der Waals surface area contributed by atoms with Crippen LogP contribution in [0.5, 0.6) is 0 Å². The second-order valence-corrected chi connectivity index (χ2v) is 8.33. The lowest BCUT2D eigenvalue weighted by atomic mass is 9.97. The van der Waals surface area contributed by atoms with Gasteiger partial charge in [-0.25, -0.2) is 4.98 Å². The van der Waals surface area contributed by atoms with Crippen LogP contribution >= 0.6 is 0 Å². The first-order valence-electron chi connectivity index (χ1n) is 10.5. The van der Waals surface area contributed by atoms with E-state index in [4.69, 9.17) is 15.2 Å². The lowest BCUT2D eigenvalue weighted by Crippen LogP contribution is -2.47. The Labute approximate surface area is 174 Å². The molecule has 2 bridgehead atoms. The van der Waals surface area contributed by atoms with Crippen LogP contribution < -0.4 is 10.6 Å². The van der Waals surface area contributed by atoms with Crippen molar-refractivity contribution in [3.05, 3.63) is 18.1 Å². The molecule has 0 radical (unpaired) electrons. The van der Waals surface area contributed by atoms with Gasteiger partial charge in [0.15, 0.2) is 22.8 Å². The van der Waals surface area contributed by atoms with E-state index in [1.54, 1.807) is 6.33 Å². The van der Waals surface area contributed by atoms with Crippen LogP contribution in [-0.2, 0) is 7.05 Å². The molecular weight excluding hydrogens is 380 g/mol. The number of aromatic amines is 1. The molecule has 3 aromatic rings. The van der Waals surface area contributed by atoms with Crippen molar-refractivity contribution in [1.82, 2.24) is 34.6 Å². The van der Waals surface area contributed by atoms with Crippen molar-refractivity contribution < 1.29 is 0 Å². The zero-order chi connectivity index (χ0) is 20.7.